The van der Waals surface area contributed by atoms with Gasteiger partial charge in [-0.25, -0.2) is 0 Å². The van der Waals surface area contributed by atoms with Crippen LogP contribution in [0.2, 0.25) is 5.02 Å². The van der Waals surface area contributed by atoms with E-state index in [1.807, 2.05) is 24.3 Å². The molecule has 0 saturated carbocycles. The van der Waals surface area contributed by atoms with Crippen molar-refractivity contribution in [3.8, 4) is 11.5 Å². The SMILES string of the molecule is COc1cccc(C(=O)NCCSCc2ccccc2Cl)c1OC. The number of halogens is 1. The highest BCUT2D eigenvalue weighted by atomic mass is 35.5. The number of nitrogens with one attached hydrogen (secondary N) is 1. The van der Waals surface area contributed by atoms with Crippen LogP contribution in [0.15, 0.2) is 42.5 Å². The fraction of sp³-hybridized carbons (Fsp3) is 0.278. The topological polar surface area (TPSA) is 47.6 Å². The first-order valence-corrected chi connectivity index (χ1v) is 9.01. The van der Waals surface area contributed by atoms with E-state index in [1.165, 1.54) is 7.11 Å². The lowest BCUT2D eigenvalue weighted by atomic mass is 10.1. The van der Waals surface area contributed by atoms with Crippen LogP contribution in [0.4, 0.5) is 0 Å². The smallest absolute Gasteiger partial charge is 0.255 e. The van der Waals surface area contributed by atoms with Gasteiger partial charge in [-0.05, 0) is 23.8 Å². The van der Waals surface area contributed by atoms with E-state index in [1.54, 1.807) is 37.1 Å². The van der Waals surface area contributed by atoms with E-state index in [0.29, 0.717) is 23.6 Å². The first-order valence-electron chi connectivity index (χ1n) is 7.47. The number of carbonyl (C=O) groups excluding carboxylic acids is 1. The molecular weight excluding hydrogens is 346 g/mol. The number of hydrogen-bond acceptors (Lipinski definition) is 4. The lowest BCUT2D eigenvalue weighted by Crippen LogP contribution is -2.26. The summed E-state index contributed by atoms with van der Waals surface area (Å²) in [6.07, 6.45) is 0. The molecule has 0 saturated heterocycles. The van der Waals surface area contributed by atoms with Crippen molar-refractivity contribution in [1.29, 1.82) is 0 Å². The number of thioether (sulfide) groups is 1. The van der Waals surface area contributed by atoms with Crippen LogP contribution < -0.4 is 14.8 Å². The predicted molar refractivity (Wildman–Crippen MR) is 99.5 cm³/mol. The van der Waals surface area contributed by atoms with Crippen molar-refractivity contribution in [3.05, 3.63) is 58.6 Å². The fourth-order valence-electron chi connectivity index (χ4n) is 2.20. The maximum atomic E-state index is 12.3. The van der Waals surface area contributed by atoms with Gasteiger partial charge in [0.15, 0.2) is 11.5 Å². The van der Waals surface area contributed by atoms with Crippen LogP contribution in [-0.2, 0) is 5.75 Å². The summed E-state index contributed by atoms with van der Waals surface area (Å²) in [6.45, 7) is 0.564. The largest absolute Gasteiger partial charge is 0.493 e. The highest BCUT2D eigenvalue weighted by molar-refractivity contribution is 7.98. The van der Waals surface area contributed by atoms with E-state index in [0.717, 1.165) is 22.1 Å². The van der Waals surface area contributed by atoms with Crippen LogP contribution in [0.25, 0.3) is 0 Å². The molecule has 128 valence electrons. The van der Waals surface area contributed by atoms with Gasteiger partial charge in [0.25, 0.3) is 5.91 Å². The molecule has 0 aromatic heterocycles. The number of carbonyl (C=O) groups is 1. The Bertz CT molecular complexity index is 694. The molecule has 24 heavy (non-hydrogen) atoms. The van der Waals surface area contributed by atoms with Crippen LogP contribution >= 0.6 is 23.4 Å². The summed E-state index contributed by atoms with van der Waals surface area (Å²) >= 11 is 7.84. The Morgan fingerprint density at radius 1 is 1.12 bits per heavy atom. The zero-order valence-electron chi connectivity index (χ0n) is 13.7. The number of para-hydroxylation sites is 1. The van der Waals surface area contributed by atoms with Gasteiger partial charge in [0.2, 0.25) is 0 Å². The first-order chi connectivity index (χ1) is 11.7. The van der Waals surface area contributed by atoms with Crippen molar-refractivity contribution in [2.45, 2.75) is 5.75 Å². The average Bonchev–Trinajstić information content (AvgIpc) is 2.61. The number of methoxy groups -OCH3 is 2. The third-order valence-corrected chi connectivity index (χ3v) is 4.77. The lowest BCUT2D eigenvalue weighted by Gasteiger charge is -2.12. The summed E-state index contributed by atoms with van der Waals surface area (Å²) in [5.41, 5.74) is 1.57. The highest BCUT2D eigenvalue weighted by Crippen LogP contribution is 2.30. The van der Waals surface area contributed by atoms with E-state index < -0.39 is 0 Å². The average molecular weight is 366 g/mol. The molecule has 0 heterocycles. The molecule has 0 unspecified atom stereocenters. The zero-order valence-corrected chi connectivity index (χ0v) is 15.2. The van der Waals surface area contributed by atoms with Crippen LogP contribution in [-0.4, -0.2) is 32.4 Å². The number of rotatable bonds is 8. The van der Waals surface area contributed by atoms with Crippen LogP contribution in [0.1, 0.15) is 15.9 Å². The molecule has 0 spiro atoms. The fourth-order valence-corrected chi connectivity index (χ4v) is 3.34. The molecular formula is C18H20ClNO3S. The molecule has 4 nitrogen and oxygen atoms in total. The first kappa shape index (κ1) is 18.5. The maximum Gasteiger partial charge on any atom is 0.255 e. The second-order valence-corrected chi connectivity index (χ2v) is 6.45. The summed E-state index contributed by atoms with van der Waals surface area (Å²) in [5.74, 6) is 2.42. The monoisotopic (exact) mass is 365 g/mol. The van der Waals surface area contributed by atoms with Crippen LogP contribution in [0.3, 0.4) is 0 Å². The number of amides is 1. The maximum absolute atomic E-state index is 12.3. The molecule has 2 aromatic carbocycles. The molecule has 0 fully saturated rings. The molecule has 0 aliphatic rings. The third-order valence-electron chi connectivity index (χ3n) is 3.39. The van der Waals surface area contributed by atoms with Crippen LogP contribution in [0.5, 0.6) is 11.5 Å². The Labute approximate surface area is 151 Å². The van der Waals surface area contributed by atoms with Gasteiger partial charge in [-0.1, -0.05) is 35.9 Å². The molecule has 1 N–H and O–H groups in total. The second kappa shape index (κ2) is 9.45. The van der Waals surface area contributed by atoms with Crippen molar-refractivity contribution in [1.82, 2.24) is 5.32 Å². The summed E-state index contributed by atoms with van der Waals surface area (Å²) in [7, 11) is 3.07. The van der Waals surface area contributed by atoms with Gasteiger partial charge >= 0.3 is 0 Å². The zero-order chi connectivity index (χ0) is 17.4. The quantitative estimate of drug-likeness (QED) is 0.718. The van der Waals surface area contributed by atoms with Crippen molar-refractivity contribution >= 4 is 29.3 Å². The lowest BCUT2D eigenvalue weighted by molar-refractivity contribution is 0.0952. The van der Waals surface area contributed by atoms with E-state index in [4.69, 9.17) is 21.1 Å². The van der Waals surface area contributed by atoms with Crippen LogP contribution in [0, 0.1) is 0 Å². The minimum absolute atomic E-state index is 0.177. The van der Waals surface area contributed by atoms with Gasteiger partial charge < -0.3 is 14.8 Å². The Hall–Kier alpha value is -1.85. The minimum Gasteiger partial charge on any atom is -0.493 e. The van der Waals surface area contributed by atoms with E-state index in [-0.39, 0.29) is 5.91 Å². The number of benzene rings is 2. The van der Waals surface area contributed by atoms with Gasteiger partial charge in [0, 0.05) is 23.1 Å². The highest BCUT2D eigenvalue weighted by Gasteiger charge is 2.15. The molecule has 0 aliphatic carbocycles. The number of ether oxygens (including phenoxy) is 2. The summed E-state index contributed by atoms with van der Waals surface area (Å²) < 4.78 is 10.5. The molecule has 0 atom stereocenters. The Kier molecular flexibility index (Phi) is 7.28. The molecule has 0 bridgehead atoms. The van der Waals surface area contributed by atoms with E-state index >= 15 is 0 Å². The molecule has 6 heteroatoms. The summed E-state index contributed by atoms with van der Waals surface area (Å²) in [5, 5.41) is 3.67. The van der Waals surface area contributed by atoms with Gasteiger partial charge in [-0.15, -0.1) is 0 Å². The predicted octanol–water partition coefficient (Wildman–Crippen LogP) is 4.02. The molecule has 2 rings (SSSR count). The third kappa shape index (κ3) is 4.82. The van der Waals surface area contributed by atoms with E-state index in [9.17, 15) is 4.79 Å². The van der Waals surface area contributed by atoms with Gasteiger partial charge in [0.1, 0.15) is 0 Å². The van der Waals surface area contributed by atoms with E-state index in [2.05, 4.69) is 5.32 Å². The van der Waals surface area contributed by atoms with Gasteiger partial charge in [0.05, 0.1) is 19.8 Å². The van der Waals surface area contributed by atoms with Crippen molar-refractivity contribution in [2.24, 2.45) is 0 Å². The number of hydrogen-bond donors (Lipinski definition) is 1. The molecule has 0 aliphatic heterocycles. The minimum atomic E-state index is -0.177. The molecule has 1 amide bonds. The Balaban J connectivity index is 1.83. The van der Waals surface area contributed by atoms with Gasteiger partial charge in [-0.2, -0.15) is 11.8 Å². The molecule has 0 radical (unpaired) electrons. The Morgan fingerprint density at radius 3 is 2.62 bits per heavy atom. The standard InChI is InChI=1S/C18H20ClNO3S/c1-22-16-9-5-7-14(17(16)23-2)18(21)20-10-11-24-12-13-6-3-4-8-15(13)19/h3-9H,10-12H2,1-2H3,(H,20,21). The van der Waals surface area contributed by atoms with Crippen molar-refractivity contribution in [3.63, 3.8) is 0 Å². The summed E-state index contributed by atoms with van der Waals surface area (Å²) in [6, 6.07) is 13.0. The van der Waals surface area contributed by atoms with Crippen molar-refractivity contribution < 1.29 is 14.3 Å². The van der Waals surface area contributed by atoms with Gasteiger partial charge in [-0.3, -0.25) is 4.79 Å². The summed E-state index contributed by atoms with van der Waals surface area (Å²) in [4.78, 5) is 12.3. The molecule has 2 aromatic rings. The second-order valence-electron chi connectivity index (χ2n) is 4.94. The van der Waals surface area contributed by atoms with Crippen molar-refractivity contribution in [2.75, 3.05) is 26.5 Å². The normalized spacial score (nSPS) is 10.3. The Morgan fingerprint density at radius 2 is 1.92 bits per heavy atom.